The first kappa shape index (κ1) is 15.0. The van der Waals surface area contributed by atoms with Crippen molar-refractivity contribution in [3.05, 3.63) is 16.3 Å². The summed E-state index contributed by atoms with van der Waals surface area (Å²) >= 11 is 2.87. The summed E-state index contributed by atoms with van der Waals surface area (Å²) in [5.41, 5.74) is 0. The Morgan fingerprint density at radius 1 is 1.59 bits per heavy atom. The van der Waals surface area contributed by atoms with Crippen LogP contribution in [0.3, 0.4) is 0 Å². The molecule has 1 aromatic rings. The van der Waals surface area contributed by atoms with Gasteiger partial charge in [-0.05, 0) is 18.7 Å². The summed E-state index contributed by atoms with van der Waals surface area (Å²) in [6.07, 6.45) is 2.71. The standard InChI is InChI=1S/C10H17NO3S3/c1-3-8(6-15-2)11-17(13,14)10-4-9(5-12)16-7-10/h4,7-8,11-12H,3,5-6H2,1-2H3. The van der Waals surface area contributed by atoms with Gasteiger partial charge in [0.25, 0.3) is 0 Å². The fraction of sp³-hybridized carbons (Fsp3) is 0.600. The molecule has 0 amide bonds. The summed E-state index contributed by atoms with van der Waals surface area (Å²) in [5, 5.41) is 10.5. The average Bonchev–Trinajstić information content (AvgIpc) is 2.77. The number of aliphatic hydroxyl groups is 1. The molecule has 0 aliphatic carbocycles. The minimum absolute atomic E-state index is 0.0486. The number of aliphatic hydroxyl groups excluding tert-OH is 1. The van der Waals surface area contributed by atoms with Crippen molar-refractivity contribution in [2.75, 3.05) is 12.0 Å². The maximum Gasteiger partial charge on any atom is 0.241 e. The van der Waals surface area contributed by atoms with Crippen molar-refractivity contribution in [2.24, 2.45) is 0 Å². The molecule has 98 valence electrons. The van der Waals surface area contributed by atoms with Crippen molar-refractivity contribution in [3.8, 4) is 0 Å². The van der Waals surface area contributed by atoms with Gasteiger partial charge in [0.05, 0.1) is 11.5 Å². The third-order valence-corrected chi connectivity index (χ3v) is 5.58. The zero-order valence-electron chi connectivity index (χ0n) is 9.84. The summed E-state index contributed by atoms with van der Waals surface area (Å²) in [4.78, 5) is 0.898. The van der Waals surface area contributed by atoms with Crippen LogP contribution < -0.4 is 4.72 Å². The highest BCUT2D eigenvalue weighted by atomic mass is 32.2. The van der Waals surface area contributed by atoms with E-state index < -0.39 is 10.0 Å². The number of thiophene rings is 1. The van der Waals surface area contributed by atoms with Gasteiger partial charge in [-0.1, -0.05) is 6.92 Å². The van der Waals surface area contributed by atoms with Crippen molar-refractivity contribution < 1.29 is 13.5 Å². The lowest BCUT2D eigenvalue weighted by Gasteiger charge is -2.15. The molecule has 1 unspecified atom stereocenters. The van der Waals surface area contributed by atoms with Crippen LogP contribution in [-0.4, -0.2) is 31.6 Å². The molecule has 1 rings (SSSR count). The summed E-state index contributed by atoms with van der Waals surface area (Å²) in [6.45, 7) is 1.83. The molecule has 0 bridgehead atoms. The molecule has 0 aromatic carbocycles. The molecular weight excluding hydrogens is 278 g/mol. The van der Waals surface area contributed by atoms with Gasteiger partial charge in [-0.15, -0.1) is 11.3 Å². The molecule has 0 spiro atoms. The van der Waals surface area contributed by atoms with Gasteiger partial charge in [-0.3, -0.25) is 0 Å². The molecule has 1 aromatic heterocycles. The smallest absolute Gasteiger partial charge is 0.241 e. The highest BCUT2D eigenvalue weighted by Crippen LogP contribution is 2.19. The number of sulfonamides is 1. The predicted octanol–water partition coefficient (Wildman–Crippen LogP) is 1.66. The van der Waals surface area contributed by atoms with Crippen molar-refractivity contribution in [3.63, 3.8) is 0 Å². The summed E-state index contributed by atoms with van der Waals surface area (Å²) in [7, 11) is -3.45. The molecule has 0 aliphatic rings. The van der Waals surface area contributed by atoms with E-state index in [4.69, 9.17) is 5.11 Å². The minimum atomic E-state index is -3.45. The SMILES string of the molecule is CCC(CSC)NS(=O)(=O)c1csc(CO)c1. The van der Waals surface area contributed by atoms with Gasteiger partial charge < -0.3 is 5.11 Å². The topological polar surface area (TPSA) is 66.4 Å². The third kappa shape index (κ3) is 4.26. The molecule has 7 heteroatoms. The second kappa shape index (κ2) is 6.75. The zero-order valence-corrected chi connectivity index (χ0v) is 12.3. The van der Waals surface area contributed by atoms with Crippen molar-refractivity contribution in [1.82, 2.24) is 4.72 Å². The van der Waals surface area contributed by atoms with Gasteiger partial charge in [0.2, 0.25) is 10.0 Å². The van der Waals surface area contributed by atoms with Crippen LogP contribution >= 0.6 is 23.1 Å². The van der Waals surface area contributed by atoms with E-state index >= 15 is 0 Å². The van der Waals surface area contributed by atoms with E-state index in [9.17, 15) is 8.42 Å². The van der Waals surface area contributed by atoms with E-state index in [1.807, 2.05) is 13.2 Å². The first-order chi connectivity index (χ1) is 8.03. The molecule has 0 radical (unpaired) electrons. The van der Waals surface area contributed by atoms with Gasteiger partial charge in [0, 0.05) is 22.1 Å². The Labute approximate surface area is 110 Å². The first-order valence-corrected chi connectivity index (χ1v) is 8.98. The second-order valence-electron chi connectivity index (χ2n) is 3.59. The Balaban J connectivity index is 2.80. The first-order valence-electron chi connectivity index (χ1n) is 5.23. The van der Waals surface area contributed by atoms with Crippen molar-refractivity contribution in [1.29, 1.82) is 0 Å². The van der Waals surface area contributed by atoms with Gasteiger partial charge >= 0.3 is 0 Å². The molecule has 0 aliphatic heterocycles. The van der Waals surface area contributed by atoms with Crippen LogP contribution in [0.25, 0.3) is 0 Å². The fourth-order valence-electron chi connectivity index (χ4n) is 1.31. The molecule has 17 heavy (non-hydrogen) atoms. The quantitative estimate of drug-likeness (QED) is 0.803. The lowest BCUT2D eigenvalue weighted by atomic mass is 10.3. The highest BCUT2D eigenvalue weighted by Gasteiger charge is 2.19. The lowest BCUT2D eigenvalue weighted by molar-refractivity contribution is 0.285. The number of nitrogens with one attached hydrogen (secondary N) is 1. The second-order valence-corrected chi connectivity index (χ2v) is 7.21. The Kier molecular flexibility index (Phi) is 5.94. The number of hydrogen-bond acceptors (Lipinski definition) is 5. The van der Waals surface area contributed by atoms with Crippen LogP contribution in [0.4, 0.5) is 0 Å². The highest BCUT2D eigenvalue weighted by molar-refractivity contribution is 7.98. The van der Waals surface area contributed by atoms with Crippen LogP contribution in [0.5, 0.6) is 0 Å². The number of hydrogen-bond donors (Lipinski definition) is 2. The van der Waals surface area contributed by atoms with E-state index in [1.165, 1.54) is 17.4 Å². The van der Waals surface area contributed by atoms with Crippen molar-refractivity contribution in [2.45, 2.75) is 30.9 Å². The van der Waals surface area contributed by atoms with Gasteiger partial charge in [0.1, 0.15) is 0 Å². The largest absolute Gasteiger partial charge is 0.391 e. The average molecular weight is 295 g/mol. The normalized spacial score (nSPS) is 13.8. The molecule has 1 atom stereocenters. The van der Waals surface area contributed by atoms with Crippen molar-refractivity contribution >= 4 is 33.1 Å². The van der Waals surface area contributed by atoms with E-state index in [2.05, 4.69) is 4.72 Å². The summed E-state index contributed by atoms with van der Waals surface area (Å²) in [6, 6.07) is 1.46. The monoisotopic (exact) mass is 295 g/mol. The van der Waals surface area contributed by atoms with Crippen LogP contribution in [0.2, 0.25) is 0 Å². The summed E-state index contributed by atoms with van der Waals surface area (Å²) < 4.78 is 26.7. The molecule has 0 saturated heterocycles. The zero-order chi connectivity index (χ0) is 12.9. The molecule has 0 saturated carbocycles. The van der Waals surface area contributed by atoms with Gasteiger partial charge in [-0.2, -0.15) is 11.8 Å². The fourth-order valence-corrected chi connectivity index (χ4v) is 4.59. The number of thioether (sulfide) groups is 1. The Hall–Kier alpha value is -0.0800. The summed E-state index contributed by atoms with van der Waals surface area (Å²) in [5.74, 6) is 0.757. The number of rotatable bonds is 7. The van der Waals surface area contributed by atoms with E-state index in [-0.39, 0.29) is 17.5 Å². The molecule has 2 N–H and O–H groups in total. The van der Waals surface area contributed by atoms with E-state index in [0.717, 1.165) is 12.2 Å². The molecular formula is C10H17NO3S3. The lowest BCUT2D eigenvalue weighted by Crippen LogP contribution is -2.35. The van der Waals surface area contributed by atoms with Gasteiger partial charge in [0.15, 0.2) is 0 Å². The molecule has 0 fully saturated rings. The predicted molar refractivity (Wildman–Crippen MR) is 73.0 cm³/mol. The van der Waals surface area contributed by atoms with Crippen LogP contribution in [0.15, 0.2) is 16.3 Å². The molecule has 4 nitrogen and oxygen atoms in total. The Morgan fingerprint density at radius 3 is 2.76 bits per heavy atom. The Morgan fingerprint density at radius 2 is 2.29 bits per heavy atom. The van der Waals surface area contributed by atoms with Crippen LogP contribution in [0.1, 0.15) is 18.2 Å². The Bertz CT molecular complexity index is 441. The van der Waals surface area contributed by atoms with Crippen LogP contribution in [-0.2, 0) is 16.6 Å². The maximum absolute atomic E-state index is 12.0. The third-order valence-electron chi connectivity index (χ3n) is 2.28. The van der Waals surface area contributed by atoms with E-state index in [0.29, 0.717) is 4.88 Å². The minimum Gasteiger partial charge on any atom is -0.391 e. The molecule has 1 heterocycles. The van der Waals surface area contributed by atoms with Crippen LogP contribution in [0, 0.1) is 0 Å². The van der Waals surface area contributed by atoms with Gasteiger partial charge in [-0.25, -0.2) is 13.1 Å². The maximum atomic E-state index is 12.0. The van der Waals surface area contributed by atoms with E-state index in [1.54, 1.807) is 17.1 Å².